The minimum absolute atomic E-state index is 0.0152. The van der Waals surface area contributed by atoms with E-state index in [0.29, 0.717) is 25.6 Å². The number of aryl methyl sites for hydroxylation is 3. The van der Waals surface area contributed by atoms with Crippen LogP contribution in [0, 0.1) is 19.8 Å². The summed E-state index contributed by atoms with van der Waals surface area (Å²) in [5, 5.41) is 5.89. The van der Waals surface area contributed by atoms with Gasteiger partial charge in [0.15, 0.2) is 5.65 Å². The summed E-state index contributed by atoms with van der Waals surface area (Å²) in [6.07, 6.45) is 5.32. The number of ether oxygens (including phenoxy) is 2. The molecule has 3 aromatic heterocycles. The SMILES string of the molecule is Cc1cc(C)n(-c2cc([C@@H](CC(=O)OC(C)(C)C)CN3CCC(CCc4ccc5cccnc5n4)C3)cc(N3CCOCC3)c2)n1. The summed E-state index contributed by atoms with van der Waals surface area (Å²) in [7, 11) is 0. The van der Waals surface area contributed by atoms with Gasteiger partial charge in [0.1, 0.15) is 5.60 Å². The largest absolute Gasteiger partial charge is 0.460 e. The van der Waals surface area contributed by atoms with Crippen LogP contribution in [0.1, 0.15) is 68.6 Å². The van der Waals surface area contributed by atoms with Crippen LogP contribution in [-0.4, -0.2) is 82.2 Å². The highest BCUT2D eigenvalue weighted by Crippen LogP contribution is 2.33. The van der Waals surface area contributed by atoms with E-state index in [4.69, 9.17) is 19.6 Å². The van der Waals surface area contributed by atoms with Gasteiger partial charge in [-0.05, 0) is 120 Å². The Balaban J connectivity index is 1.22. The average molecular weight is 625 g/mol. The number of carbonyl (C=O) groups excluding carboxylic acids is 1. The van der Waals surface area contributed by atoms with Crippen molar-refractivity contribution in [1.29, 1.82) is 0 Å². The first kappa shape index (κ1) is 32.1. The number of likely N-dealkylation sites (tertiary alicyclic amines) is 1. The van der Waals surface area contributed by atoms with Crippen LogP contribution >= 0.6 is 0 Å². The highest BCUT2D eigenvalue weighted by atomic mass is 16.6. The predicted molar refractivity (Wildman–Crippen MR) is 182 cm³/mol. The highest BCUT2D eigenvalue weighted by Gasteiger charge is 2.29. The van der Waals surface area contributed by atoms with Gasteiger partial charge in [-0.15, -0.1) is 0 Å². The Kier molecular flexibility index (Phi) is 9.70. The van der Waals surface area contributed by atoms with Crippen molar-refractivity contribution in [3.8, 4) is 5.69 Å². The molecule has 1 unspecified atom stereocenters. The number of hydrogen-bond donors (Lipinski definition) is 0. The maximum absolute atomic E-state index is 13.3. The summed E-state index contributed by atoms with van der Waals surface area (Å²) < 4.78 is 13.6. The topological polar surface area (TPSA) is 85.6 Å². The molecule has 1 aromatic carbocycles. The van der Waals surface area contributed by atoms with Crippen molar-refractivity contribution in [2.24, 2.45) is 5.92 Å². The van der Waals surface area contributed by atoms with Gasteiger partial charge in [-0.3, -0.25) is 4.79 Å². The summed E-state index contributed by atoms with van der Waals surface area (Å²) in [4.78, 5) is 27.5. The minimum atomic E-state index is -0.531. The van der Waals surface area contributed by atoms with E-state index in [1.807, 2.05) is 38.4 Å². The normalized spacial score (nSPS) is 18.3. The Morgan fingerprint density at radius 3 is 2.61 bits per heavy atom. The molecule has 0 spiro atoms. The van der Waals surface area contributed by atoms with Gasteiger partial charge in [-0.25, -0.2) is 14.6 Å². The summed E-state index contributed by atoms with van der Waals surface area (Å²) in [5.41, 5.74) is 6.78. The minimum Gasteiger partial charge on any atom is -0.460 e. The Hall–Kier alpha value is -3.82. The standard InChI is InChI=1S/C37H48N6O3/c1-26-19-27(2)43(40-26)34-21-30(20-33(23-34)42-15-17-45-18-16-42)31(22-35(44)46-37(3,4)5)25-41-14-12-28(24-41)8-10-32-11-9-29-7-6-13-38-36(29)39-32/h6-7,9,11,13,19-21,23,28,31H,8,10,12,14-18,22,24-25H2,1-5H3/t28?,31-/m0/s1. The molecule has 9 heteroatoms. The van der Waals surface area contributed by atoms with Crippen LogP contribution in [0.4, 0.5) is 5.69 Å². The zero-order valence-electron chi connectivity index (χ0n) is 28.0. The van der Waals surface area contributed by atoms with Crippen molar-refractivity contribution in [3.63, 3.8) is 0 Å². The molecule has 2 saturated heterocycles. The number of esters is 1. The van der Waals surface area contributed by atoms with E-state index in [0.717, 1.165) is 97.0 Å². The monoisotopic (exact) mass is 624 g/mol. The number of hydrogen-bond acceptors (Lipinski definition) is 8. The molecule has 4 aromatic rings. The molecule has 46 heavy (non-hydrogen) atoms. The van der Waals surface area contributed by atoms with Crippen LogP contribution in [0.5, 0.6) is 0 Å². The van der Waals surface area contributed by atoms with Gasteiger partial charge in [-0.2, -0.15) is 5.10 Å². The third-order valence-corrected chi connectivity index (χ3v) is 9.04. The third kappa shape index (κ3) is 8.12. The molecule has 244 valence electrons. The quantitative estimate of drug-likeness (QED) is 0.198. The summed E-state index contributed by atoms with van der Waals surface area (Å²) in [5.74, 6) is 0.417. The second-order valence-corrected chi connectivity index (χ2v) is 14.0. The molecule has 9 nitrogen and oxygen atoms in total. The van der Waals surface area contributed by atoms with Crippen LogP contribution in [0.25, 0.3) is 16.7 Å². The number of carbonyl (C=O) groups is 1. The fraction of sp³-hybridized carbons (Fsp3) is 0.514. The number of anilines is 1. The summed E-state index contributed by atoms with van der Waals surface area (Å²) in [6.45, 7) is 15.9. The van der Waals surface area contributed by atoms with Crippen molar-refractivity contribution in [2.75, 3.05) is 50.8 Å². The third-order valence-electron chi connectivity index (χ3n) is 9.04. The fourth-order valence-corrected chi connectivity index (χ4v) is 6.85. The molecule has 0 amide bonds. The molecule has 0 saturated carbocycles. The van der Waals surface area contributed by atoms with E-state index in [1.54, 1.807) is 6.20 Å². The van der Waals surface area contributed by atoms with Gasteiger partial charge < -0.3 is 19.3 Å². The van der Waals surface area contributed by atoms with Gasteiger partial charge in [0.2, 0.25) is 0 Å². The molecule has 0 radical (unpaired) electrons. The highest BCUT2D eigenvalue weighted by molar-refractivity contribution is 5.74. The van der Waals surface area contributed by atoms with Crippen molar-refractivity contribution in [2.45, 2.75) is 71.8 Å². The predicted octanol–water partition coefficient (Wildman–Crippen LogP) is 6.04. The molecular weight excluding hydrogens is 576 g/mol. The summed E-state index contributed by atoms with van der Waals surface area (Å²) in [6, 6.07) is 17.1. The lowest BCUT2D eigenvalue weighted by molar-refractivity contribution is -0.155. The number of nitrogens with zero attached hydrogens (tertiary/aromatic N) is 6. The van der Waals surface area contributed by atoms with E-state index in [9.17, 15) is 4.79 Å². The van der Waals surface area contributed by atoms with Crippen LogP contribution in [0.3, 0.4) is 0 Å². The molecule has 0 aliphatic carbocycles. The van der Waals surface area contributed by atoms with Gasteiger partial charge in [0.25, 0.3) is 0 Å². The Morgan fingerprint density at radius 2 is 1.85 bits per heavy atom. The van der Waals surface area contributed by atoms with E-state index in [1.165, 1.54) is 0 Å². The lowest BCUT2D eigenvalue weighted by Gasteiger charge is -2.31. The lowest BCUT2D eigenvalue weighted by Crippen LogP contribution is -2.36. The molecule has 5 heterocycles. The average Bonchev–Trinajstić information content (AvgIpc) is 3.63. The summed E-state index contributed by atoms with van der Waals surface area (Å²) >= 11 is 0. The molecule has 6 rings (SSSR count). The van der Waals surface area contributed by atoms with E-state index >= 15 is 0 Å². The van der Waals surface area contributed by atoms with Crippen molar-refractivity contribution in [3.05, 3.63) is 77.4 Å². The number of pyridine rings is 2. The number of aromatic nitrogens is 4. The van der Waals surface area contributed by atoms with Gasteiger partial charge in [-0.1, -0.05) is 0 Å². The second kappa shape index (κ2) is 13.9. The lowest BCUT2D eigenvalue weighted by atomic mass is 9.93. The smallest absolute Gasteiger partial charge is 0.306 e. The first-order valence-electron chi connectivity index (χ1n) is 16.8. The second-order valence-electron chi connectivity index (χ2n) is 14.0. The Morgan fingerprint density at radius 1 is 1.04 bits per heavy atom. The van der Waals surface area contributed by atoms with Crippen LogP contribution in [0.15, 0.2) is 54.7 Å². The first-order valence-corrected chi connectivity index (χ1v) is 16.8. The van der Waals surface area contributed by atoms with E-state index < -0.39 is 5.60 Å². The van der Waals surface area contributed by atoms with Gasteiger partial charge in [0, 0.05) is 60.8 Å². The Labute approximate surface area is 272 Å². The molecule has 2 atom stereocenters. The molecule has 2 fully saturated rings. The van der Waals surface area contributed by atoms with E-state index in [-0.39, 0.29) is 11.9 Å². The molecular formula is C37H48N6O3. The van der Waals surface area contributed by atoms with Crippen molar-refractivity contribution in [1.82, 2.24) is 24.6 Å². The van der Waals surface area contributed by atoms with Crippen molar-refractivity contribution >= 4 is 22.7 Å². The first-order chi connectivity index (χ1) is 22.1. The molecule has 2 aliphatic heterocycles. The van der Waals surface area contributed by atoms with Crippen molar-refractivity contribution < 1.29 is 14.3 Å². The maximum atomic E-state index is 13.3. The zero-order chi connectivity index (χ0) is 32.3. The van der Waals surface area contributed by atoms with Gasteiger partial charge in [0.05, 0.1) is 31.0 Å². The number of rotatable bonds is 10. The van der Waals surface area contributed by atoms with Crippen LogP contribution in [-0.2, 0) is 20.7 Å². The maximum Gasteiger partial charge on any atom is 0.306 e. The number of morpholine rings is 1. The molecule has 0 N–H and O–H groups in total. The molecule has 2 aliphatic rings. The zero-order valence-corrected chi connectivity index (χ0v) is 28.0. The fourth-order valence-electron chi connectivity index (χ4n) is 6.85. The van der Waals surface area contributed by atoms with Gasteiger partial charge >= 0.3 is 5.97 Å². The number of fused-ring (bicyclic) bond motifs is 1. The number of benzene rings is 1. The molecule has 0 bridgehead atoms. The van der Waals surface area contributed by atoms with Crippen LogP contribution in [0.2, 0.25) is 0 Å². The van der Waals surface area contributed by atoms with E-state index in [2.05, 4.69) is 64.2 Å². The Bertz CT molecular complexity index is 1650. The van der Waals surface area contributed by atoms with Crippen LogP contribution < -0.4 is 4.90 Å².